The lowest BCUT2D eigenvalue weighted by atomic mass is 10.2. The number of aromatic nitrogens is 4. The van der Waals surface area contributed by atoms with Crippen LogP contribution in [0.2, 0.25) is 0 Å². The van der Waals surface area contributed by atoms with Crippen molar-refractivity contribution in [2.75, 3.05) is 0 Å². The molecule has 4 rings (SSSR count). The summed E-state index contributed by atoms with van der Waals surface area (Å²) in [5.41, 5.74) is 1.38. The Kier molecular flexibility index (Phi) is 4.54. The lowest BCUT2D eigenvalue weighted by Crippen LogP contribution is -2.20. The first-order chi connectivity index (χ1) is 13.8. The second-order valence-electron chi connectivity index (χ2n) is 6.48. The van der Waals surface area contributed by atoms with Gasteiger partial charge in [-0.15, -0.1) is 0 Å². The summed E-state index contributed by atoms with van der Waals surface area (Å²) in [5, 5.41) is 0. The number of alkyl halides is 3. The van der Waals surface area contributed by atoms with Gasteiger partial charge < -0.3 is 0 Å². The van der Waals surface area contributed by atoms with Gasteiger partial charge in [-0.25, -0.2) is 4.98 Å². The molecule has 0 spiro atoms. The molecule has 5 nitrogen and oxygen atoms in total. The maximum absolute atomic E-state index is 13.1. The van der Waals surface area contributed by atoms with Crippen LogP contribution in [-0.2, 0) is 6.18 Å². The SMILES string of the molecule is Cc1cn(-c2cccc(C(F)(F)F)c2)n2c(=O)cc(C=Cc3cccnc3)nc12. The van der Waals surface area contributed by atoms with E-state index in [0.717, 1.165) is 17.7 Å². The number of pyridine rings is 1. The molecule has 3 aromatic heterocycles. The van der Waals surface area contributed by atoms with Crippen LogP contribution in [-0.4, -0.2) is 19.2 Å². The monoisotopic (exact) mass is 396 g/mol. The molecule has 4 aromatic rings. The highest BCUT2D eigenvalue weighted by molar-refractivity contribution is 5.68. The van der Waals surface area contributed by atoms with Gasteiger partial charge in [-0.3, -0.25) is 14.5 Å². The molecule has 0 radical (unpaired) electrons. The van der Waals surface area contributed by atoms with Crippen LogP contribution in [0.1, 0.15) is 22.4 Å². The van der Waals surface area contributed by atoms with Crippen LogP contribution in [0, 0.1) is 6.92 Å². The molecule has 0 aliphatic heterocycles. The fraction of sp³-hybridized carbons (Fsp3) is 0.0952. The lowest BCUT2D eigenvalue weighted by Gasteiger charge is -2.10. The summed E-state index contributed by atoms with van der Waals surface area (Å²) in [4.78, 5) is 21.2. The van der Waals surface area contributed by atoms with E-state index in [2.05, 4.69) is 9.97 Å². The van der Waals surface area contributed by atoms with Crippen LogP contribution in [0.5, 0.6) is 0 Å². The Morgan fingerprint density at radius 1 is 1.07 bits per heavy atom. The van der Waals surface area contributed by atoms with Crippen LogP contribution >= 0.6 is 0 Å². The molecule has 0 aliphatic carbocycles. The third-order valence-electron chi connectivity index (χ3n) is 4.37. The molecule has 0 saturated carbocycles. The minimum atomic E-state index is -4.47. The number of benzene rings is 1. The molecular formula is C21H15F3N4O. The Balaban J connectivity index is 1.81. The zero-order valence-electron chi connectivity index (χ0n) is 15.3. The van der Waals surface area contributed by atoms with Crippen molar-refractivity contribution < 1.29 is 13.2 Å². The first kappa shape index (κ1) is 18.7. The van der Waals surface area contributed by atoms with Crippen molar-refractivity contribution >= 4 is 17.8 Å². The molecular weight excluding hydrogens is 381 g/mol. The van der Waals surface area contributed by atoms with E-state index in [0.29, 0.717) is 16.9 Å². The van der Waals surface area contributed by atoms with Crippen molar-refractivity contribution in [3.05, 3.63) is 93.8 Å². The van der Waals surface area contributed by atoms with Gasteiger partial charge in [-0.1, -0.05) is 18.2 Å². The van der Waals surface area contributed by atoms with E-state index < -0.39 is 17.3 Å². The topological polar surface area (TPSA) is 52.2 Å². The molecule has 0 fully saturated rings. The highest BCUT2D eigenvalue weighted by Gasteiger charge is 2.30. The fourth-order valence-corrected chi connectivity index (χ4v) is 3.01. The first-order valence-electron chi connectivity index (χ1n) is 8.71. The molecule has 29 heavy (non-hydrogen) atoms. The fourth-order valence-electron chi connectivity index (χ4n) is 3.01. The quantitative estimate of drug-likeness (QED) is 0.517. The smallest absolute Gasteiger partial charge is 0.267 e. The van der Waals surface area contributed by atoms with Crippen molar-refractivity contribution in [2.24, 2.45) is 0 Å². The summed E-state index contributed by atoms with van der Waals surface area (Å²) in [6.45, 7) is 1.75. The summed E-state index contributed by atoms with van der Waals surface area (Å²) in [5.74, 6) is 0. The molecule has 1 aromatic carbocycles. The Hall–Kier alpha value is -3.68. The summed E-state index contributed by atoms with van der Waals surface area (Å²) in [7, 11) is 0. The number of rotatable bonds is 3. The summed E-state index contributed by atoms with van der Waals surface area (Å²) >= 11 is 0. The second kappa shape index (κ2) is 7.05. The second-order valence-corrected chi connectivity index (χ2v) is 6.48. The van der Waals surface area contributed by atoms with Crippen LogP contribution < -0.4 is 5.56 Å². The van der Waals surface area contributed by atoms with E-state index in [1.165, 1.54) is 27.4 Å². The van der Waals surface area contributed by atoms with Crippen molar-refractivity contribution in [1.29, 1.82) is 0 Å². The minimum absolute atomic E-state index is 0.223. The zero-order chi connectivity index (χ0) is 20.6. The Morgan fingerprint density at radius 3 is 2.62 bits per heavy atom. The molecule has 0 unspecified atom stereocenters. The van der Waals surface area contributed by atoms with E-state index in [1.807, 2.05) is 6.07 Å². The highest BCUT2D eigenvalue weighted by atomic mass is 19.4. The average Bonchev–Trinajstić information content (AvgIpc) is 3.04. The Labute approximate surface area is 163 Å². The number of aryl methyl sites for hydroxylation is 1. The van der Waals surface area contributed by atoms with Gasteiger partial charge in [0.1, 0.15) is 0 Å². The van der Waals surface area contributed by atoms with Crippen LogP contribution in [0.4, 0.5) is 13.2 Å². The number of halogens is 3. The number of fused-ring (bicyclic) bond motifs is 1. The van der Waals surface area contributed by atoms with E-state index in [4.69, 9.17) is 0 Å². The predicted molar refractivity (Wildman–Crippen MR) is 104 cm³/mol. The van der Waals surface area contributed by atoms with Gasteiger partial charge in [0.2, 0.25) is 0 Å². The molecule has 0 bridgehead atoms. The standard InChI is InChI=1S/C21H15F3N4O/c1-14-13-27(18-6-2-5-16(10-18)21(22,23)24)28-19(29)11-17(26-20(14)28)8-7-15-4-3-9-25-12-15/h2-13H,1H3. The normalized spacial score (nSPS) is 12.1. The summed E-state index contributed by atoms with van der Waals surface area (Å²) in [6.07, 6.45) is 3.93. The zero-order valence-corrected chi connectivity index (χ0v) is 15.3. The summed E-state index contributed by atoms with van der Waals surface area (Å²) < 4.78 is 41.8. The van der Waals surface area contributed by atoms with Crippen molar-refractivity contribution in [3.8, 4) is 5.69 Å². The van der Waals surface area contributed by atoms with Gasteiger partial charge in [0.05, 0.1) is 16.9 Å². The van der Waals surface area contributed by atoms with E-state index in [-0.39, 0.29) is 5.69 Å². The first-order valence-corrected chi connectivity index (χ1v) is 8.71. The van der Waals surface area contributed by atoms with Gasteiger partial charge >= 0.3 is 6.18 Å². The largest absolute Gasteiger partial charge is 0.416 e. The van der Waals surface area contributed by atoms with Crippen molar-refractivity contribution in [2.45, 2.75) is 13.1 Å². The van der Waals surface area contributed by atoms with Crippen LogP contribution in [0.15, 0.2) is 65.8 Å². The maximum atomic E-state index is 13.1. The lowest BCUT2D eigenvalue weighted by molar-refractivity contribution is -0.137. The third-order valence-corrected chi connectivity index (χ3v) is 4.37. The van der Waals surface area contributed by atoms with E-state index in [9.17, 15) is 18.0 Å². The molecule has 0 aliphatic rings. The summed E-state index contributed by atoms with van der Waals surface area (Å²) in [6, 6.07) is 9.81. The van der Waals surface area contributed by atoms with Gasteiger partial charge in [0.25, 0.3) is 5.56 Å². The van der Waals surface area contributed by atoms with Crippen LogP contribution in [0.25, 0.3) is 23.5 Å². The van der Waals surface area contributed by atoms with E-state index >= 15 is 0 Å². The number of hydrogen-bond donors (Lipinski definition) is 0. The van der Waals surface area contributed by atoms with E-state index in [1.54, 1.807) is 43.7 Å². The predicted octanol–water partition coefficient (Wildman–Crippen LogP) is 4.38. The van der Waals surface area contributed by atoms with Crippen molar-refractivity contribution in [1.82, 2.24) is 19.2 Å². The Bertz CT molecular complexity index is 1270. The molecule has 0 saturated heterocycles. The molecule has 0 N–H and O–H groups in total. The van der Waals surface area contributed by atoms with Crippen LogP contribution in [0.3, 0.4) is 0 Å². The number of hydrogen-bond acceptors (Lipinski definition) is 3. The van der Waals surface area contributed by atoms with Gasteiger partial charge in [-0.05, 0) is 42.8 Å². The number of nitrogens with zero attached hydrogens (tertiary/aromatic N) is 4. The molecule has 3 heterocycles. The van der Waals surface area contributed by atoms with Crippen molar-refractivity contribution in [3.63, 3.8) is 0 Å². The van der Waals surface area contributed by atoms with Gasteiger partial charge in [0.15, 0.2) is 5.65 Å². The Morgan fingerprint density at radius 2 is 1.90 bits per heavy atom. The average molecular weight is 396 g/mol. The highest BCUT2D eigenvalue weighted by Crippen LogP contribution is 2.30. The third kappa shape index (κ3) is 3.69. The maximum Gasteiger partial charge on any atom is 0.416 e. The molecule has 146 valence electrons. The van der Waals surface area contributed by atoms with Gasteiger partial charge in [-0.2, -0.15) is 17.7 Å². The minimum Gasteiger partial charge on any atom is -0.267 e. The van der Waals surface area contributed by atoms with Gasteiger partial charge in [0, 0.05) is 30.2 Å². The molecule has 8 heteroatoms. The molecule has 0 atom stereocenters. The molecule has 0 amide bonds.